The van der Waals surface area contributed by atoms with Gasteiger partial charge in [-0.25, -0.2) is 0 Å². The summed E-state index contributed by atoms with van der Waals surface area (Å²) in [6.07, 6.45) is -2.57. The van der Waals surface area contributed by atoms with Crippen molar-refractivity contribution in [3.05, 3.63) is 23.8 Å². The molecule has 13 heavy (non-hydrogen) atoms. The van der Waals surface area contributed by atoms with E-state index in [2.05, 4.69) is 0 Å². The number of ether oxygens (including phenoxy) is 2. The van der Waals surface area contributed by atoms with Crippen molar-refractivity contribution < 1.29 is 17.7 Å². The summed E-state index contributed by atoms with van der Waals surface area (Å²) in [6, 6.07) is 1.35. The lowest BCUT2D eigenvalue weighted by Crippen LogP contribution is -2.17. The molecule has 1 aromatic carbocycles. The second-order valence-electron chi connectivity index (χ2n) is 2.61. The predicted octanol–water partition coefficient (Wildman–Crippen LogP) is 1.30. The van der Waals surface area contributed by atoms with Crippen LogP contribution in [0.1, 0.15) is 20.6 Å². The van der Waals surface area contributed by atoms with Gasteiger partial charge in [0, 0.05) is 14.2 Å². The minimum absolute atomic E-state index is 0.0235. The van der Waals surface area contributed by atoms with Gasteiger partial charge in [0.2, 0.25) is 6.79 Å². The van der Waals surface area contributed by atoms with Crippen molar-refractivity contribution >= 4 is 0 Å². The molecule has 1 heterocycles. The maximum absolute atomic E-state index is 7.89. The molecule has 70 valence electrons. The Hall–Kier alpha value is -1.22. The Morgan fingerprint density at radius 2 is 2.54 bits per heavy atom. The van der Waals surface area contributed by atoms with Gasteiger partial charge in [0.25, 0.3) is 0 Å². The molecule has 1 aliphatic heterocycles. The summed E-state index contributed by atoms with van der Waals surface area (Å²) in [5.41, 5.74) is 5.37. The van der Waals surface area contributed by atoms with Gasteiger partial charge in [-0.2, -0.15) is 0 Å². The predicted molar refractivity (Wildman–Crippen MR) is 49.9 cm³/mol. The molecule has 0 aromatic heterocycles. The first kappa shape index (κ1) is 3.88. The molecular weight excluding hydrogens is 166 g/mol. The standard InChI is InChI=1S/C10H13NO2/c1-7(11)4-8-2-3-9-10(5-8)13-6-12-9/h2-3,5,7H,4,6,11H2,1H3/i1D3,4D2,7D. The van der Waals surface area contributed by atoms with Crippen LogP contribution >= 0.6 is 0 Å². The molecule has 1 unspecified atom stereocenters. The Kier molecular flexibility index (Phi) is 0.974. The van der Waals surface area contributed by atoms with Crippen molar-refractivity contribution in [1.82, 2.24) is 0 Å². The summed E-state index contributed by atoms with van der Waals surface area (Å²) in [5, 5.41) is 0. The number of benzene rings is 1. The van der Waals surface area contributed by atoms with E-state index >= 15 is 0 Å². The van der Waals surface area contributed by atoms with Gasteiger partial charge in [-0.1, -0.05) is 6.07 Å². The highest BCUT2D eigenvalue weighted by Gasteiger charge is 2.13. The van der Waals surface area contributed by atoms with Gasteiger partial charge in [-0.05, 0) is 30.9 Å². The molecule has 3 nitrogen and oxygen atoms in total. The van der Waals surface area contributed by atoms with E-state index in [1.165, 1.54) is 18.2 Å². The summed E-state index contributed by atoms with van der Waals surface area (Å²) in [5.74, 6) is 0.753. The van der Waals surface area contributed by atoms with Gasteiger partial charge in [-0.3, -0.25) is 0 Å². The second-order valence-corrected chi connectivity index (χ2v) is 2.61. The number of rotatable bonds is 2. The molecule has 0 saturated heterocycles. The van der Waals surface area contributed by atoms with E-state index in [9.17, 15) is 0 Å². The van der Waals surface area contributed by atoms with E-state index in [0.717, 1.165) is 0 Å². The fraction of sp³-hybridized carbons (Fsp3) is 0.400. The highest BCUT2D eigenvalue weighted by molar-refractivity contribution is 5.44. The maximum Gasteiger partial charge on any atom is 0.231 e. The summed E-state index contributed by atoms with van der Waals surface area (Å²) in [4.78, 5) is 0. The molecule has 2 N–H and O–H groups in total. The van der Waals surface area contributed by atoms with Crippen molar-refractivity contribution in [2.75, 3.05) is 6.79 Å². The molecule has 0 spiro atoms. The van der Waals surface area contributed by atoms with E-state index in [1.807, 2.05) is 0 Å². The molecule has 0 fully saturated rings. The van der Waals surface area contributed by atoms with Crippen LogP contribution in [-0.2, 0) is 6.37 Å². The Balaban J connectivity index is 2.45. The molecule has 0 amide bonds. The molecular formula is C10H13NO2. The molecule has 0 aliphatic carbocycles. The van der Waals surface area contributed by atoms with Crippen LogP contribution in [0.5, 0.6) is 11.5 Å². The van der Waals surface area contributed by atoms with Crippen LogP contribution in [0.4, 0.5) is 0 Å². The number of hydrogen-bond acceptors (Lipinski definition) is 3. The quantitative estimate of drug-likeness (QED) is 0.755. The molecule has 0 bridgehead atoms. The van der Waals surface area contributed by atoms with Crippen LogP contribution in [0.2, 0.25) is 0 Å². The SMILES string of the molecule is [2H]C([2H])([2H])C([2H])(N)C([2H])([2H])c1ccc2c(c1)OCO2. The van der Waals surface area contributed by atoms with Crippen LogP contribution in [0.25, 0.3) is 0 Å². The van der Waals surface area contributed by atoms with Gasteiger partial charge in [-0.15, -0.1) is 0 Å². The first-order valence-corrected chi connectivity index (χ1v) is 3.76. The highest BCUT2D eigenvalue weighted by Crippen LogP contribution is 2.32. The van der Waals surface area contributed by atoms with E-state index in [4.69, 9.17) is 23.4 Å². The fourth-order valence-electron chi connectivity index (χ4n) is 1.13. The van der Waals surface area contributed by atoms with E-state index in [-0.39, 0.29) is 12.4 Å². The largest absolute Gasteiger partial charge is 0.454 e. The zero-order valence-corrected chi connectivity index (χ0v) is 6.83. The Labute approximate surface area is 85.9 Å². The van der Waals surface area contributed by atoms with E-state index in [1.54, 1.807) is 0 Å². The number of nitrogens with two attached hydrogens (primary N) is 1. The molecule has 1 atom stereocenters. The molecule has 2 rings (SSSR count). The van der Waals surface area contributed by atoms with Crippen molar-refractivity contribution in [3.63, 3.8) is 0 Å². The van der Waals surface area contributed by atoms with Crippen LogP contribution < -0.4 is 15.2 Å². The van der Waals surface area contributed by atoms with Crippen LogP contribution in [0.15, 0.2) is 18.2 Å². The Bertz CT molecular complexity index is 499. The van der Waals surface area contributed by atoms with Gasteiger partial charge in [0.1, 0.15) is 0 Å². The van der Waals surface area contributed by atoms with E-state index in [0.29, 0.717) is 11.5 Å². The van der Waals surface area contributed by atoms with E-state index < -0.39 is 19.2 Å². The first-order valence-electron chi connectivity index (χ1n) is 6.76. The number of hydrogen-bond donors (Lipinski definition) is 1. The first-order chi connectivity index (χ1) is 8.57. The molecule has 3 heteroatoms. The van der Waals surface area contributed by atoms with Gasteiger partial charge in [0.15, 0.2) is 11.5 Å². The van der Waals surface area contributed by atoms with Gasteiger partial charge < -0.3 is 15.2 Å². The summed E-state index contributed by atoms with van der Waals surface area (Å²) < 4.78 is 55.3. The van der Waals surface area contributed by atoms with Crippen molar-refractivity contribution in [1.29, 1.82) is 0 Å². The third-order valence-corrected chi connectivity index (χ3v) is 1.65. The van der Waals surface area contributed by atoms with Crippen LogP contribution in [0, 0.1) is 0 Å². The molecule has 1 aromatic rings. The molecule has 0 saturated carbocycles. The zero-order valence-electron chi connectivity index (χ0n) is 12.8. The number of fused-ring (bicyclic) bond motifs is 1. The van der Waals surface area contributed by atoms with Crippen molar-refractivity contribution in [2.45, 2.75) is 19.2 Å². The maximum atomic E-state index is 7.89. The minimum atomic E-state index is -2.97. The van der Waals surface area contributed by atoms with Crippen LogP contribution in [0.3, 0.4) is 0 Å². The van der Waals surface area contributed by atoms with Crippen molar-refractivity contribution in [2.24, 2.45) is 5.73 Å². The lowest BCUT2D eigenvalue weighted by atomic mass is 10.1. The topological polar surface area (TPSA) is 44.5 Å². The third-order valence-electron chi connectivity index (χ3n) is 1.65. The Morgan fingerprint density at radius 1 is 1.69 bits per heavy atom. The molecule has 0 radical (unpaired) electrons. The lowest BCUT2D eigenvalue weighted by molar-refractivity contribution is 0.174. The minimum Gasteiger partial charge on any atom is -0.454 e. The normalized spacial score (nSPS) is 27.2. The van der Waals surface area contributed by atoms with Gasteiger partial charge in [0.05, 0.1) is 0 Å². The molecule has 1 aliphatic rings. The van der Waals surface area contributed by atoms with Crippen LogP contribution in [-0.4, -0.2) is 12.8 Å². The monoisotopic (exact) mass is 185 g/mol. The highest BCUT2D eigenvalue weighted by atomic mass is 16.7. The average Bonchev–Trinajstić information content (AvgIpc) is 2.73. The average molecular weight is 185 g/mol. The summed E-state index contributed by atoms with van der Waals surface area (Å²) in [7, 11) is 0. The summed E-state index contributed by atoms with van der Waals surface area (Å²) in [6.45, 7) is -2.94. The zero-order chi connectivity index (χ0) is 14.5. The third kappa shape index (κ3) is 1.75. The smallest absolute Gasteiger partial charge is 0.231 e. The second kappa shape index (κ2) is 3.26. The fourth-order valence-corrected chi connectivity index (χ4v) is 1.13. The summed E-state index contributed by atoms with van der Waals surface area (Å²) >= 11 is 0. The van der Waals surface area contributed by atoms with Gasteiger partial charge >= 0.3 is 0 Å². The lowest BCUT2D eigenvalue weighted by Gasteiger charge is -2.05. The van der Waals surface area contributed by atoms with Crippen molar-refractivity contribution in [3.8, 4) is 11.5 Å². The Morgan fingerprint density at radius 3 is 3.38 bits per heavy atom.